The molecule has 0 fully saturated rings. The predicted molar refractivity (Wildman–Crippen MR) is 85.2 cm³/mol. The lowest BCUT2D eigenvalue weighted by molar-refractivity contribution is 0.107. The zero-order valence-electron chi connectivity index (χ0n) is 11.7. The Hall–Kier alpha value is -2.41. The molecule has 2 heterocycles. The summed E-state index contributed by atoms with van der Waals surface area (Å²) in [6.07, 6.45) is 3.41. The van der Waals surface area contributed by atoms with E-state index in [9.17, 15) is 9.18 Å². The van der Waals surface area contributed by atoms with Crippen LogP contribution in [0.15, 0.2) is 58.6 Å². The van der Waals surface area contributed by atoms with Crippen molar-refractivity contribution in [3.05, 3.63) is 60.3 Å². The SMILES string of the molecule is BC(=O)c1cc(-c2ccncc2Sc2ccc(F)cc2)[nH]n1. The number of hydrogen-bond acceptors (Lipinski definition) is 4. The molecule has 22 heavy (non-hydrogen) atoms. The first-order valence-electron chi connectivity index (χ1n) is 6.57. The number of rotatable bonds is 4. The number of nitrogens with zero attached hydrogens (tertiary/aromatic N) is 2. The molecule has 1 N–H and O–H groups in total. The lowest BCUT2D eigenvalue weighted by atomic mass is 9.99. The maximum Gasteiger partial charge on any atom is 0.195 e. The van der Waals surface area contributed by atoms with Crippen LogP contribution in [0.25, 0.3) is 11.3 Å². The molecule has 0 aliphatic carbocycles. The van der Waals surface area contributed by atoms with E-state index >= 15 is 0 Å². The maximum atomic E-state index is 13.0. The number of halogens is 1. The Morgan fingerprint density at radius 2 is 2.00 bits per heavy atom. The molecule has 0 unspecified atom stereocenters. The quantitative estimate of drug-likeness (QED) is 0.752. The Balaban J connectivity index is 1.95. The highest BCUT2D eigenvalue weighted by Gasteiger charge is 2.11. The molecule has 2 aromatic heterocycles. The molecule has 7 heteroatoms. The maximum absolute atomic E-state index is 13.0. The van der Waals surface area contributed by atoms with E-state index in [1.165, 1.54) is 31.7 Å². The highest BCUT2D eigenvalue weighted by Crippen LogP contribution is 2.34. The van der Waals surface area contributed by atoms with Crippen LogP contribution in [0, 0.1) is 5.82 Å². The summed E-state index contributed by atoms with van der Waals surface area (Å²) in [7, 11) is 1.47. The fraction of sp³-hybridized carbons (Fsp3) is 0. The van der Waals surface area contributed by atoms with Crippen LogP contribution >= 0.6 is 11.8 Å². The summed E-state index contributed by atoms with van der Waals surface area (Å²) in [4.78, 5) is 17.3. The third-order valence-corrected chi connectivity index (χ3v) is 4.11. The largest absolute Gasteiger partial charge is 0.305 e. The summed E-state index contributed by atoms with van der Waals surface area (Å²) >= 11 is 1.47. The first-order chi connectivity index (χ1) is 10.6. The molecule has 3 rings (SSSR count). The van der Waals surface area contributed by atoms with Crippen LogP contribution < -0.4 is 0 Å². The fourth-order valence-corrected chi connectivity index (χ4v) is 2.88. The second-order valence-corrected chi connectivity index (χ2v) is 5.77. The average Bonchev–Trinajstić information content (AvgIpc) is 3.00. The van der Waals surface area contributed by atoms with Gasteiger partial charge in [-0.05, 0) is 36.4 Å². The molecule has 0 bridgehead atoms. The summed E-state index contributed by atoms with van der Waals surface area (Å²) in [5, 5.41) is 6.86. The lowest BCUT2D eigenvalue weighted by Crippen LogP contribution is -1.96. The molecule has 0 radical (unpaired) electrons. The molecule has 0 saturated carbocycles. The van der Waals surface area contributed by atoms with Crippen LogP contribution in [-0.4, -0.2) is 28.7 Å². The van der Waals surface area contributed by atoms with E-state index in [1.807, 2.05) is 6.07 Å². The number of hydrogen-bond donors (Lipinski definition) is 1. The fourth-order valence-electron chi connectivity index (χ4n) is 1.95. The number of aromatic nitrogens is 3. The van der Waals surface area contributed by atoms with Crippen molar-refractivity contribution in [2.24, 2.45) is 0 Å². The van der Waals surface area contributed by atoms with Gasteiger partial charge in [0, 0.05) is 27.7 Å². The molecule has 0 atom stereocenters. The minimum absolute atomic E-state index is 0.0932. The number of carbonyl (C=O) groups excluding carboxylic acids is 1. The third-order valence-electron chi connectivity index (χ3n) is 3.05. The van der Waals surface area contributed by atoms with Crippen molar-refractivity contribution in [3.63, 3.8) is 0 Å². The van der Waals surface area contributed by atoms with E-state index in [-0.39, 0.29) is 11.5 Å². The van der Waals surface area contributed by atoms with Crippen molar-refractivity contribution in [2.45, 2.75) is 9.79 Å². The molecule has 0 amide bonds. The Kier molecular flexibility index (Phi) is 4.06. The zero-order valence-corrected chi connectivity index (χ0v) is 12.5. The molecular weight excluding hydrogens is 300 g/mol. The zero-order chi connectivity index (χ0) is 15.5. The molecule has 1 aromatic carbocycles. The minimum Gasteiger partial charge on any atom is -0.305 e. The van der Waals surface area contributed by atoms with E-state index in [1.54, 1.807) is 30.6 Å². The van der Waals surface area contributed by atoms with E-state index < -0.39 is 0 Å². The van der Waals surface area contributed by atoms with Crippen LogP contribution in [0.2, 0.25) is 0 Å². The standard InChI is InChI=1S/C15H11BFN3OS/c16-15(21)13-7-12(19-20-13)11-5-6-18-8-14(11)22-10-3-1-9(17)2-4-10/h1-8H,16H2,(H,19,20). The van der Waals surface area contributed by atoms with Gasteiger partial charge < -0.3 is 4.79 Å². The molecule has 0 aliphatic rings. The Morgan fingerprint density at radius 3 is 2.68 bits per heavy atom. The number of H-pyrrole nitrogens is 1. The average molecular weight is 311 g/mol. The van der Waals surface area contributed by atoms with E-state index in [0.29, 0.717) is 5.69 Å². The van der Waals surface area contributed by atoms with Crippen molar-refractivity contribution >= 4 is 25.3 Å². The van der Waals surface area contributed by atoms with Gasteiger partial charge in [-0.25, -0.2) is 4.39 Å². The first kappa shape index (κ1) is 14.5. The molecule has 0 saturated heterocycles. The van der Waals surface area contributed by atoms with Gasteiger partial charge in [0.05, 0.1) is 5.69 Å². The summed E-state index contributed by atoms with van der Waals surface area (Å²) in [5.41, 5.74) is 1.94. The Bertz CT molecular complexity index is 820. The minimum atomic E-state index is -0.268. The monoisotopic (exact) mass is 311 g/mol. The van der Waals surface area contributed by atoms with Gasteiger partial charge in [0.25, 0.3) is 0 Å². The van der Waals surface area contributed by atoms with Crippen LogP contribution in [-0.2, 0) is 0 Å². The van der Waals surface area contributed by atoms with E-state index in [0.717, 1.165) is 21.0 Å². The van der Waals surface area contributed by atoms with Gasteiger partial charge in [-0.1, -0.05) is 11.8 Å². The van der Waals surface area contributed by atoms with Crippen LogP contribution in [0.1, 0.15) is 10.5 Å². The molecule has 0 aliphatic heterocycles. The van der Waals surface area contributed by atoms with Gasteiger partial charge in [0.1, 0.15) is 17.2 Å². The van der Waals surface area contributed by atoms with E-state index in [2.05, 4.69) is 15.2 Å². The van der Waals surface area contributed by atoms with Gasteiger partial charge in [-0.15, -0.1) is 0 Å². The van der Waals surface area contributed by atoms with Crippen LogP contribution in [0.5, 0.6) is 0 Å². The first-order valence-corrected chi connectivity index (χ1v) is 7.39. The smallest absolute Gasteiger partial charge is 0.195 e. The van der Waals surface area contributed by atoms with Crippen LogP contribution in [0.4, 0.5) is 4.39 Å². The van der Waals surface area contributed by atoms with Crippen molar-refractivity contribution in [1.82, 2.24) is 15.2 Å². The number of aromatic amines is 1. The van der Waals surface area contributed by atoms with Crippen molar-refractivity contribution in [2.75, 3.05) is 0 Å². The summed E-state index contributed by atoms with van der Waals surface area (Å²) < 4.78 is 13.0. The van der Waals surface area contributed by atoms with Crippen molar-refractivity contribution < 1.29 is 9.18 Å². The summed E-state index contributed by atoms with van der Waals surface area (Å²) in [5.74, 6) is -0.268. The highest BCUT2D eigenvalue weighted by molar-refractivity contribution is 7.99. The number of carbonyl (C=O) groups is 1. The van der Waals surface area contributed by atoms with Gasteiger partial charge in [0.15, 0.2) is 7.85 Å². The molecule has 108 valence electrons. The highest BCUT2D eigenvalue weighted by atomic mass is 32.2. The van der Waals surface area contributed by atoms with Crippen LogP contribution in [0.3, 0.4) is 0 Å². The normalized spacial score (nSPS) is 10.6. The van der Waals surface area contributed by atoms with Crippen molar-refractivity contribution in [3.8, 4) is 11.3 Å². The molecule has 4 nitrogen and oxygen atoms in total. The second-order valence-electron chi connectivity index (χ2n) is 4.65. The Labute approximate surface area is 131 Å². The topological polar surface area (TPSA) is 58.6 Å². The van der Waals surface area contributed by atoms with Gasteiger partial charge in [0.2, 0.25) is 0 Å². The number of pyridine rings is 1. The van der Waals surface area contributed by atoms with Gasteiger partial charge in [-0.3, -0.25) is 10.1 Å². The number of benzene rings is 1. The predicted octanol–water partition coefficient (Wildman–Crippen LogP) is 2.54. The second kappa shape index (κ2) is 6.15. The summed E-state index contributed by atoms with van der Waals surface area (Å²) in [6, 6.07) is 9.83. The summed E-state index contributed by atoms with van der Waals surface area (Å²) in [6.45, 7) is 0. The molecular formula is C15H11BFN3OS. The van der Waals surface area contributed by atoms with E-state index in [4.69, 9.17) is 0 Å². The van der Waals surface area contributed by atoms with Gasteiger partial charge in [-0.2, -0.15) is 5.10 Å². The number of nitrogens with one attached hydrogen (secondary N) is 1. The Morgan fingerprint density at radius 1 is 1.23 bits per heavy atom. The lowest BCUT2D eigenvalue weighted by Gasteiger charge is -2.06. The molecule has 3 aromatic rings. The van der Waals surface area contributed by atoms with Gasteiger partial charge >= 0.3 is 0 Å². The molecule has 0 spiro atoms. The van der Waals surface area contributed by atoms with Crippen molar-refractivity contribution in [1.29, 1.82) is 0 Å². The third kappa shape index (κ3) is 3.09.